The monoisotopic (exact) mass is 357 g/mol. The summed E-state index contributed by atoms with van der Waals surface area (Å²) < 4.78 is 22.8. The van der Waals surface area contributed by atoms with Crippen molar-refractivity contribution in [1.29, 1.82) is 0 Å². The Hall–Kier alpha value is -0.960. The Morgan fingerprint density at radius 2 is 1.09 bits per heavy atom. The zero-order valence-electron chi connectivity index (χ0n) is 12.2. The van der Waals surface area contributed by atoms with Crippen LogP contribution in [-0.2, 0) is 13.6 Å². The van der Waals surface area contributed by atoms with Crippen molar-refractivity contribution >= 4 is 31.5 Å². The van der Waals surface area contributed by atoms with Gasteiger partial charge in [-0.1, -0.05) is 47.5 Å². The molecule has 0 aromatic heterocycles. The lowest BCUT2D eigenvalue weighted by Gasteiger charge is -2.07. The molecule has 0 radical (unpaired) electrons. The van der Waals surface area contributed by atoms with Gasteiger partial charge in [0.1, 0.15) is 12.2 Å². The maximum atomic E-state index is 12.0. The van der Waals surface area contributed by atoms with Gasteiger partial charge in [-0.2, -0.15) is 0 Å². The zero-order chi connectivity index (χ0) is 16.1. The average Bonchev–Trinajstić information content (AvgIpc) is 2.48. The van der Waals surface area contributed by atoms with Crippen molar-refractivity contribution in [3.63, 3.8) is 0 Å². The second-order valence-electron chi connectivity index (χ2n) is 4.82. The van der Waals surface area contributed by atoms with Crippen LogP contribution in [0, 0.1) is 0 Å². The van der Waals surface area contributed by atoms with Gasteiger partial charge in [0, 0.05) is 14.6 Å². The lowest BCUT2D eigenvalue weighted by atomic mass is 10.1. The first kappa shape index (κ1) is 17.4. The third kappa shape index (κ3) is 5.05. The minimum atomic E-state index is -2.24. The predicted molar refractivity (Wildman–Crippen MR) is 89.5 cm³/mol. The van der Waals surface area contributed by atoms with Gasteiger partial charge in [0.15, 0.2) is 0 Å². The number of benzene rings is 2. The molecule has 0 heterocycles. The molecule has 2 atom stereocenters. The molecule has 0 aliphatic heterocycles. The standard InChI is InChI=1S/C16H16Cl2O3P/c1-11(13-3-7-15(17)8-4-13)20-22(19)21-12(2)14-5-9-16(18)10-6-14/h3-12H,1-2H3/q+1/t11-,12-/m0/s1. The fourth-order valence-electron chi connectivity index (χ4n) is 1.87. The van der Waals surface area contributed by atoms with E-state index < -0.39 is 8.25 Å². The first-order valence-corrected chi connectivity index (χ1v) is 8.62. The molecule has 6 heteroatoms. The topological polar surface area (TPSA) is 35.5 Å². The van der Waals surface area contributed by atoms with Crippen LogP contribution >= 0.6 is 31.5 Å². The first-order chi connectivity index (χ1) is 10.5. The predicted octanol–water partition coefficient (Wildman–Crippen LogP) is 6.51. The molecule has 0 fully saturated rings. The maximum absolute atomic E-state index is 12.0. The van der Waals surface area contributed by atoms with E-state index >= 15 is 0 Å². The summed E-state index contributed by atoms with van der Waals surface area (Å²) in [6.45, 7) is 3.62. The van der Waals surface area contributed by atoms with Gasteiger partial charge in [-0.15, -0.1) is 9.05 Å². The molecule has 0 bridgehead atoms. The largest absolute Gasteiger partial charge is 0.698 e. The molecule has 0 unspecified atom stereocenters. The number of hydrogen-bond acceptors (Lipinski definition) is 3. The third-order valence-electron chi connectivity index (χ3n) is 3.17. The highest BCUT2D eigenvalue weighted by molar-refractivity contribution is 7.33. The Morgan fingerprint density at radius 1 is 0.773 bits per heavy atom. The SMILES string of the molecule is C[C@H](O[P+](=O)O[C@@H](C)c1ccc(Cl)cc1)c1ccc(Cl)cc1. The van der Waals surface area contributed by atoms with E-state index in [-0.39, 0.29) is 12.2 Å². The van der Waals surface area contributed by atoms with Crippen molar-refractivity contribution in [1.82, 2.24) is 0 Å². The molecule has 2 aromatic carbocycles. The summed E-state index contributed by atoms with van der Waals surface area (Å²) in [5, 5.41) is 1.29. The van der Waals surface area contributed by atoms with Crippen LogP contribution in [0.1, 0.15) is 37.2 Å². The third-order valence-corrected chi connectivity index (χ3v) is 4.65. The fraction of sp³-hybridized carbons (Fsp3) is 0.250. The van der Waals surface area contributed by atoms with E-state index in [9.17, 15) is 4.57 Å². The Bertz CT molecular complexity index is 573. The van der Waals surface area contributed by atoms with Crippen molar-refractivity contribution in [2.24, 2.45) is 0 Å². The van der Waals surface area contributed by atoms with Crippen molar-refractivity contribution in [3.05, 3.63) is 69.7 Å². The molecule has 0 aliphatic rings. The minimum Gasteiger partial charge on any atom is -0.111 e. The molecule has 0 aliphatic carbocycles. The normalized spacial score (nSPS) is 13.6. The Kier molecular flexibility index (Phi) is 6.37. The number of halogens is 2. The van der Waals surface area contributed by atoms with Gasteiger partial charge in [-0.05, 0) is 49.2 Å². The van der Waals surface area contributed by atoms with E-state index in [4.69, 9.17) is 32.2 Å². The van der Waals surface area contributed by atoms with Crippen molar-refractivity contribution in [2.45, 2.75) is 26.1 Å². The molecule has 0 spiro atoms. The fourth-order valence-corrected chi connectivity index (χ4v) is 2.93. The van der Waals surface area contributed by atoms with Gasteiger partial charge < -0.3 is 0 Å². The number of rotatable bonds is 6. The van der Waals surface area contributed by atoms with E-state index in [0.29, 0.717) is 10.0 Å². The second-order valence-corrected chi connectivity index (χ2v) is 6.56. The lowest BCUT2D eigenvalue weighted by Crippen LogP contribution is -1.98. The van der Waals surface area contributed by atoms with Crippen LogP contribution < -0.4 is 0 Å². The van der Waals surface area contributed by atoms with Crippen molar-refractivity contribution in [2.75, 3.05) is 0 Å². The summed E-state index contributed by atoms with van der Waals surface area (Å²) in [7, 11) is -2.24. The number of hydrogen-bond donors (Lipinski definition) is 0. The Morgan fingerprint density at radius 3 is 1.41 bits per heavy atom. The highest BCUT2D eigenvalue weighted by Crippen LogP contribution is 2.38. The van der Waals surface area contributed by atoms with E-state index in [2.05, 4.69) is 0 Å². The Balaban J connectivity index is 1.91. The minimum absolute atomic E-state index is 0.349. The average molecular weight is 358 g/mol. The molecule has 3 nitrogen and oxygen atoms in total. The van der Waals surface area contributed by atoms with Crippen LogP contribution in [0.25, 0.3) is 0 Å². The molecule has 0 N–H and O–H groups in total. The summed E-state index contributed by atoms with van der Waals surface area (Å²) in [6.07, 6.45) is -0.698. The first-order valence-electron chi connectivity index (χ1n) is 6.77. The second kappa shape index (κ2) is 8.05. The van der Waals surface area contributed by atoms with Gasteiger partial charge in [-0.25, -0.2) is 0 Å². The van der Waals surface area contributed by atoms with E-state index in [0.717, 1.165) is 11.1 Å². The van der Waals surface area contributed by atoms with Crippen LogP contribution in [0.5, 0.6) is 0 Å². The molecule has 22 heavy (non-hydrogen) atoms. The summed E-state index contributed by atoms with van der Waals surface area (Å²) in [4.78, 5) is 0. The molecular formula is C16H16Cl2O3P+. The molecule has 0 amide bonds. The smallest absolute Gasteiger partial charge is 0.111 e. The summed E-state index contributed by atoms with van der Waals surface area (Å²) in [5.74, 6) is 0. The van der Waals surface area contributed by atoms with Crippen LogP contribution in [0.2, 0.25) is 10.0 Å². The van der Waals surface area contributed by atoms with Gasteiger partial charge >= 0.3 is 8.25 Å². The molecule has 116 valence electrons. The lowest BCUT2D eigenvalue weighted by molar-refractivity contribution is 0.146. The Labute approximate surface area is 141 Å². The highest BCUT2D eigenvalue weighted by atomic mass is 35.5. The van der Waals surface area contributed by atoms with Crippen molar-refractivity contribution < 1.29 is 13.6 Å². The van der Waals surface area contributed by atoms with Gasteiger partial charge in [0.25, 0.3) is 0 Å². The zero-order valence-corrected chi connectivity index (χ0v) is 14.6. The van der Waals surface area contributed by atoms with Crippen molar-refractivity contribution in [3.8, 4) is 0 Å². The summed E-state index contributed by atoms with van der Waals surface area (Å²) in [6, 6.07) is 14.4. The summed E-state index contributed by atoms with van der Waals surface area (Å²) in [5.41, 5.74) is 1.77. The molecule has 0 saturated heterocycles. The van der Waals surface area contributed by atoms with Crippen LogP contribution in [0.4, 0.5) is 0 Å². The molecule has 0 saturated carbocycles. The summed E-state index contributed by atoms with van der Waals surface area (Å²) >= 11 is 11.7. The van der Waals surface area contributed by atoms with E-state index in [1.54, 1.807) is 24.3 Å². The molecular weight excluding hydrogens is 342 g/mol. The van der Waals surface area contributed by atoms with Gasteiger partial charge in [0.05, 0.1) is 0 Å². The van der Waals surface area contributed by atoms with Crippen LogP contribution in [0.15, 0.2) is 48.5 Å². The van der Waals surface area contributed by atoms with Crippen LogP contribution in [0.3, 0.4) is 0 Å². The quantitative estimate of drug-likeness (QED) is 0.553. The molecule has 2 aromatic rings. The van der Waals surface area contributed by atoms with E-state index in [1.807, 2.05) is 38.1 Å². The van der Waals surface area contributed by atoms with Crippen LogP contribution in [-0.4, -0.2) is 0 Å². The molecule has 2 rings (SSSR count). The van der Waals surface area contributed by atoms with E-state index in [1.165, 1.54) is 0 Å². The van der Waals surface area contributed by atoms with Gasteiger partial charge in [0.2, 0.25) is 0 Å². The highest BCUT2D eigenvalue weighted by Gasteiger charge is 2.29. The van der Waals surface area contributed by atoms with Gasteiger partial charge in [-0.3, -0.25) is 0 Å². The maximum Gasteiger partial charge on any atom is 0.698 e.